The van der Waals surface area contributed by atoms with Crippen LogP contribution in [-0.2, 0) is 4.79 Å². The first-order chi connectivity index (χ1) is 13.6. The molecular weight excluding hydrogens is 378 g/mol. The van der Waals surface area contributed by atoms with E-state index in [1.54, 1.807) is 44.2 Å². The Morgan fingerprint density at radius 3 is 2.50 bits per heavy atom. The van der Waals surface area contributed by atoms with Crippen LogP contribution in [0.4, 0.5) is 6.01 Å². The van der Waals surface area contributed by atoms with Crippen molar-refractivity contribution in [3.05, 3.63) is 54.1 Å². The van der Waals surface area contributed by atoms with Crippen LogP contribution in [0.3, 0.4) is 0 Å². The van der Waals surface area contributed by atoms with E-state index in [4.69, 9.17) is 13.9 Å². The molecule has 0 atom stereocenters. The Labute approximate surface area is 166 Å². The number of aromatic nitrogens is 2. The number of thioether (sulfide) groups is 1. The van der Waals surface area contributed by atoms with Crippen LogP contribution < -0.4 is 14.8 Å². The molecule has 8 heteroatoms. The van der Waals surface area contributed by atoms with E-state index in [9.17, 15) is 4.79 Å². The molecule has 1 aromatic heterocycles. The molecule has 0 saturated heterocycles. The van der Waals surface area contributed by atoms with Gasteiger partial charge in [0.2, 0.25) is 5.89 Å². The van der Waals surface area contributed by atoms with E-state index in [2.05, 4.69) is 15.5 Å². The van der Waals surface area contributed by atoms with E-state index in [0.29, 0.717) is 17.4 Å². The minimum atomic E-state index is -0.386. The molecule has 0 saturated carbocycles. The quantitative estimate of drug-likeness (QED) is 0.474. The average molecular weight is 397 g/mol. The van der Waals surface area contributed by atoms with Gasteiger partial charge in [-0.15, -0.1) is 16.9 Å². The fourth-order valence-corrected chi connectivity index (χ4v) is 2.81. The van der Waals surface area contributed by atoms with Gasteiger partial charge in [-0.05, 0) is 54.3 Å². The van der Waals surface area contributed by atoms with Crippen molar-refractivity contribution in [3.63, 3.8) is 0 Å². The molecule has 144 valence electrons. The number of carbonyl (C=O) groups excluding carboxylic acids is 1. The molecule has 0 unspecified atom stereocenters. The molecule has 28 heavy (non-hydrogen) atoms. The van der Waals surface area contributed by atoms with Crippen LogP contribution >= 0.6 is 11.8 Å². The third-order valence-corrected chi connectivity index (χ3v) is 4.57. The maximum atomic E-state index is 12.1. The van der Waals surface area contributed by atoms with Gasteiger partial charge in [0.05, 0.1) is 14.2 Å². The van der Waals surface area contributed by atoms with Gasteiger partial charge < -0.3 is 13.9 Å². The summed E-state index contributed by atoms with van der Waals surface area (Å²) in [6.45, 7) is 0. The van der Waals surface area contributed by atoms with Gasteiger partial charge in [0.1, 0.15) is 0 Å². The fourth-order valence-electron chi connectivity index (χ4n) is 2.40. The topological polar surface area (TPSA) is 86.5 Å². The summed E-state index contributed by atoms with van der Waals surface area (Å²) >= 11 is 1.65. The first-order valence-electron chi connectivity index (χ1n) is 8.32. The number of nitrogens with zero attached hydrogens (tertiary/aromatic N) is 2. The highest BCUT2D eigenvalue weighted by molar-refractivity contribution is 7.98. The molecule has 0 aliphatic heterocycles. The summed E-state index contributed by atoms with van der Waals surface area (Å²) in [5.74, 6) is 1.15. The lowest BCUT2D eigenvalue weighted by molar-refractivity contribution is -0.112. The van der Waals surface area contributed by atoms with Crippen LogP contribution in [0.1, 0.15) is 5.56 Å². The van der Waals surface area contributed by atoms with Crippen molar-refractivity contribution in [2.45, 2.75) is 4.90 Å². The number of hydrogen-bond acceptors (Lipinski definition) is 7. The summed E-state index contributed by atoms with van der Waals surface area (Å²) in [7, 11) is 3.12. The third kappa shape index (κ3) is 4.72. The zero-order valence-corrected chi connectivity index (χ0v) is 16.4. The fraction of sp³-hybridized carbons (Fsp3) is 0.150. The standard InChI is InChI=1S/C20H19N3O4S/c1-25-16-10-4-13(12-17(16)26-2)5-11-18(24)21-20-23-22-19(27-20)14-6-8-15(28-3)9-7-14/h4-12H,1-3H3,(H,21,23,24). The number of methoxy groups -OCH3 is 2. The highest BCUT2D eigenvalue weighted by atomic mass is 32.2. The SMILES string of the molecule is COc1ccc(C=CC(=O)Nc2nnc(-c3ccc(SC)cc3)o2)cc1OC. The Hall–Kier alpha value is -3.26. The highest BCUT2D eigenvalue weighted by Crippen LogP contribution is 2.28. The maximum Gasteiger partial charge on any atom is 0.322 e. The molecule has 0 spiro atoms. The van der Waals surface area contributed by atoms with Crippen molar-refractivity contribution < 1.29 is 18.7 Å². The highest BCUT2D eigenvalue weighted by Gasteiger charge is 2.10. The summed E-state index contributed by atoms with van der Waals surface area (Å²) in [5.41, 5.74) is 1.57. The van der Waals surface area contributed by atoms with E-state index >= 15 is 0 Å². The molecule has 2 aromatic carbocycles. The van der Waals surface area contributed by atoms with Crippen LogP contribution in [0.2, 0.25) is 0 Å². The lowest BCUT2D eigenvalue weighted by atomic mass is 10.2. The van der Waals surface area contributed by atoms with Gasteiger partial charge in [-0.3, -0.25) is 10.1 Å². The van der Waals surface area contributed by atoms with Gasteiger partial charge in [-0.2, -0.15) is 0 Å². The lowest BCUT2D eigenvalue weighted by Gasteiger charge is -2.07. The third-order valence-electron chi connectivity index (χ3n) is 3.83. The van der Waals surface area contributed by atoms with Crippen molar-refractivity contribution in [2.75, 3.05) is 25.8 Å². The smallest absolute Gasteiger partial charge is 0.322 e. The van der Waals surface area contributed by atoms with Crippen LogP contribution in [0, 0.1) is 0 Å². The van der Waals surface area contributed by atoms with Crippen LogP contribution in [0.15, 0.2) is 57.9 Å². The average Bonchev–Trinajstić information content (AvgIpc) is 3.20. The normalized spacial score (nSPS) is 10.8. The molecule has 0 fully saturated rings. The number of hydrogen-bond donors (Lipinski definition) is 1. The molecule has 1 amide bonds. The Morgan fingerprint density at radius 2 is 1.82 bits per heavy atom. The van der Waals surface area contributed by atoms with E-state index < -0.39 is 0 Å². The number of ether oxygens (including phenoxy) is 2. The van der Waals surface area contributed by atoms with E-state index in [1.807, 2.05) is 36.6 Å². The van der Waals surface area contributed by atoms with Gasteiger partial charge >= 0.3 is 6.01 Å². The van der Waals surface area contributed by atoms with Crippen LogP contribution in [-0.4, -0.2) is 36.6 Å². The zero-order valence-electron chi connectivity index (χ0n) is 15.6. The maximum absolute atomic E-state index is 12.1. The number of amides is 1. The molecular formula is C20H19N3O4S. The summed E-state index contributed by atoms with van der Waals surface area (Å²) in [6.07, 6.45) is 5.03. The molecule has 3 rings (SSSR count). The number of nitrogens with one attached hydrogen (secondary N) is 1. The molecule has 0 aliphatic rings. The Balaban J connectivity index is 1.65. The predicted molar refractivity (Wildman–Crippen MR) is 109 cm³/mol. The minimum absolute atomic E-state index is 0.0332. The van der Waals surface area contributed by atoms with Crippen LogP contribution in [0.25, 0.3) is 17.5 Å². The van der Waals surface area contributed by atoms with Gasteiger partial charge in [0, 0.05) is 16.5 Å². The van der Waals surface area contributed by atoms with Gasteiger partial charge in [-0.25, -0.2) is 0 Å². The first kappa shape index (κ1) is 19.5. The Bertz CT molecular complexity index is 983. The molecule has 0 aliphatic carbocycles. The second-order valence-electron chi connectivity index (χ2n) is 5.58. The number of anilines is 1. The summed E-state index contributed by atoms with van der Waals surface area (Å²) in [5, 5.41) is 10.4. The number of carbonyl (C=O) groups is 1. The summed E-state index contributed by atoms with van der Waals surface area (Å²) in [4.78, 5) is 13.2. The first-order valence-corrected chi connectivity index (χ1v) is 9.54. The van der Waals surface area contributed by atoms with Crippen LogP contribution in [0.5, 0.6) is 11.5 Å². The summed E-state index contributed by atoms with van der Waals surface area (Å²) in [6, 6.07) is 13.1. The van der Waals surface area contributed by atoms with Crippen molar-refractivity contribution in [1.29, 1.82) is 0 Å². The second kappa shape index (κ2) is 9.09. The second-order valence-corrected chi connectivity index (χ2v) is 6.46. The Morgan fingerprint density at radius 1 is 1.07 bits per heavy atom. The van der Waals surface area contributed by atoms with Gasteiger partial charge in [-0.1, -0.05) is 11.2 Å². The molecule has 7 nitrogen and oxygen atoms in total. The predicted octanol–water partition coefficient (Wildman–Crippen LogP) is 4.13. The monoisotopic (exact) mass is 397 g/mol. The number of rotatable bonds is 7. The van der Waals surface area contributed by atoms with Crippen molar-refractivity contribution >= 4 is 29.8 Å². The zero-order chi connectivity index (χ0) is 19.9. The van der Waals surface area contributed by atoms with Crippen molar-refractivity contribution in [3.8, 4) is 23.0 Å². The van der Waals surface area contributed by atoms with Crippen molar-refractivity contribution in [2.24, 2.45) is 0 Å². The van der Waals surface area contributed by atoms with Gasteiger partial charge in [0.25, 0.3) is 5.91 Å². The minimum Gasteiger partial charge on any atom is -0.493 e. The molecule has 0 radical (unpaired) electrons. The molecule has 3 aromatic rings. The van der Waals surface area contributed by atoms with E-state index in [-0.39, 0.29) is 11.9 Å². The Kier molecular flexibility index (Phi) is 6.33. The van der Waals surface area contributed by atoms with E-state index in [0.717, 1.165) is 16.0 Å². The lowest BCUT2D eigenvalue weighted by Crippen LogP contribution is -2.07. The number of benzene rings is 2. The largest absolute Gasteiger partial charge is 0.493 e. The molecule has 1 heterocycles. The molecule has 1 N–H and O–H groups in total. The van der Waals surface area contributed by atoms with E-state index in [1.165, 1.54) is 6.08 Å². The van der Waals surface area contributed by atoms with Crippen molar-refractivity contribution in [1.82, 2.24) is 10.2 Å². The van der Waals surface area contributed by atoms with Gasteiger partial charge in [0.15, 0.2) is 11.5 Å². The summed E-state index contributed by atoms with van der Waals surface area (Å²) < 4.78 is 15.9. The molecule has 0 bridgehead atoms.